The van der Waals surface area contributed by atoms with Gasteiger partial charge in [-0.15, -0.1) is 0 Å². The average Bonchev–Trinajstić information content (AvgIpc) is 2.79. The summed E-state index contributed by atoms with van der Waals surface area (Å²) in [5.74, 6) is 0. The van der Waals surface area contributed by atoms with E-state index in [-0.39, 0.29) is 10.9 Å². The lowest BCUT2D eigenvalue weighted by Gasteiger charge is -2.16. The largest absolute Gasteiger partial charge is 0.343 e. The number of pyridine rings is 2. The SMILES string of the molecule is Cn1c(-c2ccccc2)cc(=O)c2cc3c(cc21)c(=O)cc(-c1ccccc1)n3C. The molecule has 0 N–H and O–H groups in total. The topological polar surface area (TPSA) is 44.0 Å². The zero-order valence-electron chi connectivity index (χ0n) is 16.8. The van der Waals surface area contributed by atoms with Crippen molar-refractivity contribution in [3.63, 3.8) is 0 Å². The van der Waals surface area contributed by atoms with Crippen LogP contribution in [0.5, 0.6) is 0 Å². The van der Waals surface area contributed by atoms with Gasteiger partial charge in [0.05, 0.1) is 22.4 Å². The van der Waals surface area contributed by atoms with Gasteiger partial charge in [0.1, 0.15) is 0 Å². The maximum absolute atomic E-state index is 13.0. The Kier molecular flexibility index (Phi) is 4.14. The second kappa shape index (κ2) is 6.85. The Morgan fingerprint density at radius 2 is 0.900 bits per heavy atom. The quantitative estimate of drug-likeness (QED) is 0.408. The van der Waals surface area contributed by atoms with Crippen LogP contribution in [-0.4, -0.2) is 9.13 Å². The number of hydrogen-bond donors (Lipinski definition) is 0. The molecule has 0 radical (unpaired) electrons. The minimum absolute atomic E-state index is 0.0542. The zero-order chi connectivity index (χ0) is 20.8. The highest BCUT2D eigenvalue weighted by atomic mass is 16.1. The van der Waals surface area contributed by atoms with Crippen LogP contribution in [0.1, 0.15) is 0 Å². The van der Waals surface area contributed by atoms with Crippen molar-refractivity contribution in [1.29, 1.82) is 0 Å². The van der Waals surface area contributed by atoms with Crippen molar-refractivity contribution in [2.45, 2.75) is 0 Å². The van der Waals surface area contributed by atoms with Gasteiger partial charge in [-0.3, -0.25) is 9.59 Å². The van der Waals surface area contributed by atoms with E-state index in [1.165, 1.54) is 0 Å². The van der Waals surface area contributed by atoms with E-state index in [0.717, 1.165) is 33.5 Å². The monoisotopic (exact) mass is 392 g/mol. The summed E-state index contributed by atoms with van der Waals surface area (Å²) in [6.07, 6.45) is 0. The van der Waals surface area contributed by atoms with Crippen molar-refractivity contribution in [2.24, 2.45) is 14.1 Å². The lowest BCUT2D eigenvalue weighted by atomic mass is 10.0. The molecule has 0 spiro atoms. The number of nitrogens with zero attached hydrogens (tertiary/aromatic N) is 2. The minimum Gasteiger partial charge on any atom is -0.343 e. The van der Waals surface area contributed by atoms with Crippen molar-refractivity contribution in [2.75, 3.05) is 0 Å². The van der Waals surface area contributed by atoms with Crippen LogP contribution in [0.4, 0.5) is 0 Å². The fourth-order valence-electron chi connectivity index (χ4n) is 4.16. The average molecular weight is 392 g/mol. The number of aryl methyl sites for hydroxylation is 2. The van der Waals surface area contributed by atoms with E-state index in [1.54, 1.807) is 12.1 Å². The van der Waals surface area contributed by atoms with Gasteiger partial charge < -0.3 is 9.13 Å². The first-order valence-electron chi connectivity index (χ1n) is 9.83. The summed E-state index contributed by atoms with van der Waals surface area (Å²) in [5.41, 5.74) is 4.97. The molecule has 30 heavy (non-hydrogen) atoms. The van der Waals surface area contributed by atoms with Gasteiger partial charge >= 0.3 is 0 Å². The Balaban J connectivity index is 1.85. The molecular weight excluding hydrogens is 372 g/mol. The molecule has 0 amide bonds. The predicted octanol–water partition coefficient (Wildman–Crippen LogP) is 4.72. The third-order valence-corrected chi connectivity index (χ3v) is 5.77. The van der Waals surface area contributed by atoms with Crippen LogP contribution in [-0.2, 0) is 14.1 Å². The second-order valence-corrected chi connectivity index (χ2v) is 7.52. The molecule has 0 aliphatic rings. The smallest absolute Gasteiger partial charge is 0.190 e. The van der Waals surface area contributed by atoms with Gasteiger partial charge in [0.15, 0.2) is 10.9 Å². The number of aromatic nitrogens is 2. The highest BCUT2D eigenvalue weighted by Crippen LogP contribution is 2.26. The molecule has 0 aliphatic carbocycles. The second-order valence-electron chi connectivity index (χ2n) is 7.52. The molecule has 0 saturated carbocycles. The Bertz CT molecular complexity index is 1410. The molecule has 0 aliphatic heterocycles. The maximum Gasteiger partial charge on any atom is 0.190 e. The summed E-state index contributed by atoms with van der Waals surface area (Å²) in [5, 5.41) is 1.20. The molecular formula is C26H20N2O2. The fraction of sp³-hybridized carbons (Fsp3) is 0.0769. The van der Waals surface area contributed by atoms with Gasteiger partial charge in [-0.2, -0.15) is 0 Å². The highest BCUT2D eigenvalue weighted by Gasteiger charge is 2.14. The van der Waals surface area contributed by atoms with Gasteiger partial charge in [-0.05, 0) is 23.3 Å². The lowest BCUT2D eigenvalue weighted by molar-refractivity contribution is 0.952. The van der Waals surface area contributed by atoms with Gasteiger partial charge in [-0.25, -0.2) is 0 Å². The van der Waals surface area contributed by atoms with Crippen LogP contribution in [0.25, 0.3) is 44.3 Å². The van der Waals surface area contributed by atoms with Crippen LogP contribution in [0.3, 0.4) is 0 Å². The van der Waals surface area contributed by atoms with Gasteiger partial charge in [0.2, 0.25) is 0 Å². The minimum atomic E-state index is -0.0542. The molecule has 0 fully saturated rings. The van der Waals surface area contributed by atoms with Gasteiger partial charge in [0.25, 0.3) is 0 Å². The van der Waals surface area contributed by atoms with E-state index < -0.39 is 0 Å². The predicted molar refractivity (Wildman–Crippen MR) is 123 cm³/mol. The summed E-state index contributed by atoms with van der Waals surface area (Å²) >= 11 is 0. The summed E-state index contributed by atoms with van der Waals surface area (Å²) in [4.78, 5) is 26.0. The van der Waals surface area contributed by atoms with E-state index in [0.29, 0.717) is 10.8 Å². The first kappa shape index (κ1) is 18.1. The van der Waals surface area contributed by atoms with Crippen molar-refractivity contribution in [3.8, 4) is 22.5 Å². The molecule has 146 valence electrons. The van der Waals surface area contributed by atoms with Gasteiger partial charge in [-0.1, -0.05) is 60.7 Å². The van der Waals surface area contributed by atoms with Crippen LogP contribution in [0.2, 0.25) is 0 Å². The van der Waals surface area contributed by atoms with Crippen LogP contribution >= 0.6 is 0 Å². The molecule has 0 saturated heterocycles. The Labute approximate surface area is 173 Å². The van der Waals surface area contributed by atoms with Gasteiger partial charge in [0, 0.05) is 37.0 Å². The van der Waals surface area contributed by atoms with Crippen molar-refractivity contribution < 1.29 is 0 Å². The molecule has 0 bridgehead atoms. The van der Waals surface area contributed by atoms with E-state index in [9.17, 15) is 9.59 Å². The maximum atomic E-state index is 13.0. The molecule has 0 atom stereocenters. The first-order valence-corrected chi connectivity index (χ1v) is 9.83. The summed E-state index contributed by atoms with van der Waals surface area (Å²) in [7, 11) is 3.86. The lowest BCUT2D eigenvalue weighted by Crippen LogP contribution is -2.13. The molecule has 2 aromatic heterocycles. The van der Waals surface area contributed by atoms with Crippen molar-refractivity contribution >= 4 is 21.8 Å². The Hall–Kier alpha value is -3.92. The van der Waals surface area contributed by atoms with E-state index in [4.69, 9.17) is 0 Å². The molecule has 2 heterocycles. The number of hydrogen-bond acceptors (Lipinski definition) is 2. The number of fused-ring (bicyclic) bond motifs is 2. The molecule has 4 nitrogen and oxygen atoms in total. The Morgan fingerprint density at radius 1 is 0.533 bits per heavy atom. The van der Waals surface area contributed by atoms with Crippen molar-refractivity contribution in [1.82, 2.24) is 9.13 Å². The van der Waals surface area contributed by atoms with Crippen LogP contribution in [0, 0.1) is 0 Å². The molecule has 4 heteroatoms. The van der Waals surface area contributed by atoms with Crippen LogP contribution in [0.15, 0.2) is 94.5 Å². The van der Waals surface area contributed by atoms with E-state index in [1.807, 2.05) is 96.0 Å². The highest BCUT2D eigenvalue weighted by molar-refractivity contribution is 5.97. The molecule has 3 aromatic carbocycles. The number of rotatable bonds is 2. The summed E-state index contributed by atoms with van der Waals surface area (Å²) < 4.78 is 3.96. The summed E-state index contributed by atoms with van der Waals surface area (Å²) in [6.45, 7) is 0. The van der Waals surface area contributed by atoms with E-state index in [2.05, 4.69) is 0 Å². The standard InChI is InChI=1S/C26H20N2O2/c1-27-21(17-9-5-3-6-10-17)15-25(29)19-14-24-20(13-23(19)27)26(30)16-22(28(24)2)18-11-7-4-8-12-18/h3-16H,1-2H3. The molecule has 5 rings (SSSR count). The molecule has 0 unspecified atom stereocenters. The first-order chi connectivity index (χ1) is 14.5. The van der Waals surface area contributed by atoms with E-state index >= 15 is 0 Å². The summed E-state index contributed by atoms with van der Waals surface area (Å²) in [6, 6.07) is 26.6. The zero-order valence-corrected chi connectivity index (χ0v) is 16.8. The van der Waals surface area contributed by atoms with Crippen LogP contribution < -0.4 is 10.9 Å². The third-order valence-electron chi connectivity index (χ3n) is 5.77. The van der Waals surface area contributed by atoms with Crippen molar-refractivity contribution in [3.05, 3.63) is 105 Å². The normalized spacial score (nSPS) is 11.3. The Morgan fingerprint density at radius 3 is 1.27 bits per heavy atom. The third kappa shape index (κ3) is 2.77. The number of benzene rings is 3. The molecule has 5 aromatic rings. The fourth-order valence-corrected chi connectivity index (χ4v) is 4.16.